The Balaban J connectivity index is 2.39. The van der Waals surface area contributed by atoms with Crippen LogP contribution < -0.4 is 4.74 Å². The highest BCUT2D eigenvalue weighted by molar-refractivity contribution is 6.29. The van der Waals surface area contributed by atoms with Gasteiger partial charge in [0.25, 0.3) is 0 Å². The summed E-state index contributed by atoms with van der Waals surface area (Å²) in [6.45, 7) is 1.98. The van der Waals surface area contributed by atoms with Crippen molar-refractivity contribution in [1.82, 2.24) is 9.38 Å². The lowest BCUT2D eigenvalue weighted by Crippen LogP contribution is -1.93. The number of benzene rings is 1. The molecule has 0 saturated heterocycles. The van der Waals surface area contributed by atoms with Crippen molar-refractivity contribution in [3.63, 3.8) is 0 Å². The summed E-state index contributed by atoms with van der Waals surface area (Å²) in [5, 5.41) is 9.97. The Kier molecular flexibility index (Phi) is 3.28. The second-order valence-corrected chi connectivity index (χ2v) is 5.05. The maximum Gasteiger partial charge on any atom is 0.153 e. The number of hydrogen-bond donors (Lipinski definition) is 0. The number of aryl methyl sites for hydroxylation is 1. The Morgan fingerprint density at radius 3 is 2.81 bits per heavy atom. The number of nitrogens with zero attached hydrogens (tertiary/aromatic N) is 3. The van der Waals surface area contributed by atoms with E-state index in [2.05, 4.69) is 11.1 Å². The lowest BCUT2D eigenvalue weighted by Gasteiger charge is -2.07. The third-order valence-corrected chi connectivity index (χ3v) is 3.61. The van der Waals surface area contributed by atoms with Gasteiger partial charge >= 0.3 is 0 Å². The van der Waals surface area contributed by atoms with Gasteiger partial charge in [-0.25, -0.2) is 4.98 Å². The Morgan fingerprint density at radius 2 is 2.10 bits per heavy atom. The van der Waals surface area contributed by atoms with Crippen molar-refractivity contribution in [2.75, 3.05) is 7.11 Å². The first-order valence-electron chi connectivity index (χ1n) is 6.38. The molecule has 0 radical (unpaired) electrons. The summed E-state index contributed by atoms with van der Waals surface area (Å²) in [7, 11) is 1.60. The molecule has 3 rings (SSSR count). The van der Waals surface area contributed by atoms with Crippen LogP contribution in [0.3, 0.4) is 0 Å². The van der Waals surface area contributed by atoms with E-state index in [0.717, 1.165) is 11.1 Å². The van der Waals surface area contributed by atoms with Crippen molar-refractivity contribution < 1.29 is 4.74 Å². The number of nitriles is 1. The third-order valence-electron chi connectivity index (χ3n) is 3.31. The fourth-order valence-electron chi connectivity index (χ4n) is 2.35. The number of halogens is 1. The van der Waals surface area contributed by atoms with E-state index in [0.29, 0.717) is 27.9 Å². The molecule has 0 N–H and O–H groups in total. The predicted octanol–water partition coefficient (Wildman–Crippen LogP) is 3.84. The topological polar surface area (TPSA) is 50.3 Å². The number of hydrogen-bond acceptors (Lipinski definition) is 3. The zero-order valence-electron chi connectivity index (χ0n) is 11.6. The normalized spacial score (nSPS) is 10.6. The molecule has 2 heterocycles. The summed E-state index contributed by atoms with van der Waals surface area (Å²) in [5.74, 6) is 0.677. The van der Waals surface area contributed by atoms with Gasteiger partial charge in [0.05, 0.1) is 7.11 Å². The van der Waals surface area contributed by atoms with Crippen molar-refractivity contribution in [3.05, 3.63) is 52.8 Å². The molecular formula is C16H12ClN3O. The molecule has 0 bridgehead atoms. The van der Waals surface area contributed by atoms with Crippen LogP contribution in [0.4, 0.5) is 0 Å². The van der Waals surface area contributed by atoms with E-state index in [1.165, 1.54) is 0 Å². The second kappa shape index (κ2) is 5.12. The van der Waals surface area contributed by atoms with Crippen LogP contribution in [-0.2, 0) is 0 Å². The van der Waals surface area contributed by atoms with Crippen molar-refractivity contribution in [1.29, 1.82) is 5.26 Å². The van der Waals surface area contributed by atoms with E-state index in [1.54, 1.807) is 17.6 Å². The van der Waals surface area contributed by atoms with Crippen LogP contribution in [0.15, 0.2) is 36.4 Å². The standard InChI is InChI=1S/C16H12ClN3O/c1-10-6-7-13(21-2)11(8-10)16-12(9-18)20-14(17)4-3-5-15(20)19-16/h3-8H,1-2H3. The van der Waals surface area contributed by atoms with E-state index in [-0.39, 0.29) is 0 Å². The fourth-order valence-corrected chi connectivity index (χ4v) is 2.60. The van der Waals surface area contributed by atoms with Gasteiger partial charge in [-0.1, -0.05) is 29.3 Å². The molecule has 0 spiro atoms. The average molecular weight is 298 g/mol. The zero-order chi connectivity index (χ0) is 15.0. The highest BCUT2D eigenvalue weighted by Gasteiger charge is 2.18. The van der Waals surface area contributed by atoms with Gasteiger partial charge in [-0.15, -0.1) is 0 Å². The van der Waals surface area contributed by atoms with E-state index in [1.807, 2.05) is 37.3 Å². The van der Waals surface area contributed by atoms with Gasteiger partial charge in [-0.2, -0.15) is 5.26 Å². The minimum absolute atomic E-state index is 0.402. The van der Waals surface area contributed by atoms with Crippen molar-refractivity contribution >= 4 is 17.2 Å². The Labute approximate surface area is 127 Å². The van der Waals surface area contributed by atoms with Crippen LogP contribution in [0.1, 0.15) is 11.3 Å². The molecule has 4 nitrogen and oxygen atoms in total. The number of ether oxygens (including phenoxy) is 1. The lowest BCUT2D eigenvalue weighted by molar-refractivity contribution is 0.416. The highest BCUT2D eigenvalue weighted by atomic mass is 35.5. The minimum atomic E-state index is 0.402. The molecular weight excluding hydrogens is 286 g/mol. The van der Waals surface area contributed by atoms with Gasteiger partial charge in [0, 0.05) is 5.56 Å². The van der Waals surface area contributed by atoms with Gasteiger partial charge in [0.15, 0.2) is 5.69 Å². The predicted molar refractivity (Wildman–Crippen MR) is 81.6 cm³/mol. The quantitative estimate of drug-likeness (QED) is 0.675. The number of imidazole rings is 1. The summed E-state index contributed by atoms with van der Waals surface area (Å²) < 4.78 is 7.03. The molecule has 5 heteroatoms. The summed E-state index contributed by atoms with van der Waals surface area (Å²) >= 11 is 6.19. The second-order valence-electron chi connectivity index (χ2n) is 4.67. The van der Waals surface area contributed by atoms with Gasteiger partial charge in [0.2, 0.25) is 0 Å². The van der Waals surface area contributed by atoms with Gasteiger partial charge in [-0.05, 0) is 31.2 Å². The largest absolute Gasteiger partial charge is 0.496 e. The maximum atomic E-state index is 9.51. The van der Waals surface area contributed by atoms with Crippen molar-refractivity contribution in [2.45, 2.75) is 6.92 Å². The van der Waals surface area contributed by atoms with Crippen LogP contribution in [0.5, 0.6) is 5.75 Å². The number of fused-ring (bicyclic) bond motifs is 1. The van der Waals surface area contributed by atoms with Crippen molar-refractivity contribution in [3.8, 4) is 23.1 Å². The molecule has 3 aromatic rings. The van der Waals surface area contributed by atoms with Crippen LogP contribution in [0.2, 0.25) is 5.15 Å². The first kappa shape index (κ1) is 13.5. The molecule has 0 fully saturated rings. The maximum absolute atomic E-state index is 9.51. The molecule has 0 aliphatic rings. The molecule has 0 saturated carbocycles. The zero-order valence-corrected chi connectivity index (χ0v) is 12.3. The average Bonchev–Trinajstić information content (AvgIpc) is 2.87. The smallest absolute Gasteiger partial charge is 0.153 e. The summed E-state index contributed by atoms with van der Waals surface area (Å²) in [4.78, 5) is 4.54. The van der Waals surface area contributed by atoms with Gasteiger partial charge in [0.1, 0.15) is 28.3 Å². The molecule has 0 aliphatic carbocycles. The first-order valence-corrected chi connectivity index (χ1v) is 6.75. The Morgan fingerprint density at radius 1 is 1.29 bits per heavy atom. The highest BCUT2D eigenvalue weighted by Crippen LogP contribution is 2.33. The minimum Gasteiger partial charge on any atom is -0.496 e. The van der Waals surface area contributed by atoms with Crippen LogP contribution in [0, 0.1) is 18.3 Å². The van der Waals surface area contributed by atoms with Gasteiger partial charge in [-0.3, -0.25) is 4.40 Å². The SMILES string of the molecule is COc1ccc(C)cc1-c1nc2cccc(Cl)n2c1C#N. The van der Waals surface area contributed by atoms with Crippen LogP contribution >= 0.6 is 11.6 Å². The van der Waals surface area contributed by atoms with Gasteiger partial charge < -0.3 is 4.74 Å². The summed E-state index contributed by atoms with van der Waals surface area (Å²) in [6.07, 6.45) is 0. The van der Waals surface area contributed by atoms with E-state index >= 15 is 0 Å². The molecule has 0 aliphatic heterocycles. The first-order chi connectivity index (χ1) is 10.2. The molecule has 21 heavy (non-hydrogen) atoms. The monoisotopic (exact) mass is 297 g/mol. The van der Waals surface area contributed by atoms with E-state index in [9.17, 15) is 5.26 Å². The molecule has 0 amide bonds. The molecule has 1 aromatic carbocycles. The van der Waals surface area contributed by atoms with E-state index < -0.39 is 0 Å². The summed E-state index contributed by atoms with van der Waals surface area (Å²) in [6, 6.07) is 13.3. The molecule has 104 valence electrons. The molecule has 0 unspecified atom stereocenters. The Hall–Kier alpha value is -2.51. The van der Waals surface area contributed by atoms with Crippen LogP contribution in [0.25, 0.3) is 16.9 Å². The molecule has 2 aromatic heterocycles. The number of methoxy groups -OCH3 is 1. The lowest BCUT2D eigenvalue weighted by atomic mass is 10.1. The van der Waals surface area contributed by atoms with Crippen molar-refractivity contribution in [2.24, 2.45) is 0 Å². The molecule has 0 atom stereocenters. The third kappa shape index (κ3) is 2.12. The Bertz CT molecular complexity index is 877. The number of aromatic nitrogens is 2. The fraction of sp³-hybridized carbons (Fsp3) is 0.125. The van der Waals surface area contributed by atoms with E-state index in [4.69, 9.17) is 16.3 Å². The summed E-state index contributed by atoms with van der Waals surface area (Å²) in [5.41, 5.74) is 3.47. The van der Waals surface area contributed by atoms with Crippen LogP contribution in [-0.4, -0.2) is 16.5 Å². The number of pyridine rings is 1. The number of rotatable bonds is 2.